The monoisotopic (exact) mass is 298 g/mol. The van der Waals surface area contributed by atoms with Crippen LogP contribution in [-0.2, 0) is 7.05 Å². The van der Waals surface area contributed by atoms with Crippen molar-refractivity contribution in [3.8, 4) is 5.75 Å². The molecule has 1 aromatic heterocycles. The fraction of sp³-hybridized carbons (Fsp3) is 0.125. The van der Waals surface area contributed by atoms with Crippen LogP contribution < -0.4 is 15.8 Å². The molecular weight excluding hydrogens is 284 g/mol. The van der Waals surface area contributed by atoms with Crippen LogP contribution in [0.5, 0.6) is 5.75 Å². The lowest BCUT2D eigenvalue weighted by Crippen LogP contribution is -2.11. The van der Waals surface area contributed by atoms with Crippen molar-refractivity contribution in [2.75, 3.05) is 12.4 Å². The molecule has 0 fully saturated rings. The number of carbonyl (C=O) groups excluding carboxylic acids is 1. The number of nitrogens with one attached hydrogen (secondary N) is 1. The first-order valence-corrected chi connectivity index (χ1v) is 6.63. The minimum absolute atomic E-state index is 0.290. The van der Waals surface area contributed by atoms with Crippen molar-refractivity contribution in [1.82, 2.24) is 4.57 Å². The molecule has 0 aliphatic rings. The molecule has 0 aliphatic carbocycles. The van der Waals surface area contributed by atoms with Gasteiger partial charge in [-0.1, -0.05) is 6.07 Å². The van der Waals surface area contributed by atoms with E-state index in [1.54, 1.807) is 56.6 Å². The molecule has 1 heterocycles. The van der Waals surface area contributed by atoms with Gasteiger partial charge in [-0.3, -0.25) is 9.36 Å². The highest BCUT2D eigenvalue weighted by Gasteiger charge is 2.11. The number of benzene rings is 2. The van der Waals surface area contributed by atoms with Gasteiger partial charge in [-0.25, -0.2) is 4.79 Å². The molecule has 0 saturated carbocycles. The number of aromatic nitrogens is 1. The molecule has 3 aromatic rings. The van der Waals surface area contributed by atoms with Crippen LogP contribution >= 0.6 is 0 Å². The van der Waals surface area contributed by atoms with Crippen molar-refractivity contribution in [2.45, 2.75) is 0 Å². The van der Waals surface area contributed by atoms with E-state index >= 15 is 0 Å². The zero-order valence-electron chi connectivity index (χ0n) is 12.1. The summed E-state index contributed by atoms with van der Waals surface area (Å²) < 4.78 is 11.6. The summed E-state index contributed by atoms with van der Waals surface area (Å²) in [6, 6.07) is 11.9. The summed E-state index contributed by atoms with van der Waals surface area (Å²) in [6.07, 6.45) is 0. The molecule has 0 saturated heterocycles. The SMILES string of the molecule is COc1cccc(NC(=O)c2ccc3c(c2)oc(=O)n3C)c1. The molecule has 112 valence electrons. The van der Waals surface area contributed by atoms with Crippen LogP contribution in [0.1, 0.15) is 10.4 Å². The minimum Gasteiger partial charge on any atom is -0.497 e. The zero-order valence-corrected chi connectivity index (χ0v) is 12.1. The molecule has 0 atom stereocenters. The smallest absolute Gasteiger partial charge is 0.419 e. The summed E-state index contributed by atoms with van der Waals surface area (Å²) in [4.78, 5) is 23.7. The molecule has 0 unspecified atom stereocenters. The molecule has 1 amide bonds. The third-order valence-corrected chi connectivity index (χ3v) is 3.38. The average molecular weight is 298 g/mol. The van der Waals surface area contributed by atoms with Gasteiger partial charge < -0.3 is 14.5 Å². The van der Waals surface area contributed by atoms with Crippen molar-refractivity contribution < 1.29 is 13.9 Å². The second kappa shape index (κ2) is 5.40. The Morgan fingerprint density at radius 2 is 2.05 bits per heavy atom. The molecule has 6 heteroatoms. The Morgan fingerprint density at radius 3 is 2.82 bits per heavy atom. The lowest BCUT2D eigenvalue weighted by Gasteiger charge is -2.07. The van der Waals surface area contributed by atoms with Crippen molar-refractivity contribution >= 4 is 22.7 Å². The maximum Gasteiger partial charge on any atom is 0.419 e. The summed E-state index contributed by atoms with van der Waals surface area (Å²) in [5.41, 5.74) is 2.05. The molecule has 3 rings (SSSR count). The molecule has 1 N–H and O–H groups in total. The number of anilines is 1. The third kappa shape index (κ3) is 2.46. The van der Waals surface area contributed by atoms with Gasteiger partial charge in [0.05, 0.1) is 12.6 Å². The van der Waals surface area contributed by atoms with Gasteiger partial charge in [0, 0.05) is 24.4 Å². The summed E-state index contributed by atoms with van der Waals surface area (Å²) in [5.74, 6) is -0.0932. The number of hydrogen-bond donors (Lipinski definition) is 1. The topological polar surface area (TPSA) is 73.5 Å². The molecule has 2 aromatic carbocycles. The summed E-state index contributed by atoms with van der Waals surface area (Å²) in [5, 5.41) is 2.77. The highest BCUT2D eigenvalue weighted by Crippen LogP contribution is 2.19. The first kappa shape index (κ1) is 13.9. The van der Waals surface area contributed by atoms with Crippen molar-refractivity contribution in [3.63, 3.8) is 0 Å². The number of ether oxygens (including phenoxy) is 1. The van der Waals surface area contributed by atoms with Gasteiger partial charge in [0.25, 0.3) is 5.91 Å². The Balaban J connectivity index is 1.90. The Labute approximate surface area is 125 Å². The van der Waals surface area contributed by atoms with Gasteiger partial charge >= 0.3 is 5.76 Å². The second-order valence-corrected chi connectivity index (χ2v) is 4.80. The minimum atomic E-state index is -0.458. The summed E-state index contributed by atoms with van der Waals surface area (Å²) in [7, 11) is 3.18. The van der Waals surface area contributed by atoms with E-state index in [1.165, 1.54) is 4.57 Å². The van der Waals surface area contributed by atoms with Crippen LogP contribution in [0.25, 0.3) is 11.1 Å². The van der Waals surface area contributed by atoms with Gasteiger partial charge in [0.1, 0.15) is 5.75 Å². The van der Waals surface area contributed by atoms with Gasteiger partial charge in [-0.2, -0.15) is 0 Å². The third-order valence-electron chi connectivity index (χ3n) is 3.38. The Bertz CT molecular complexity index is 908. The highest BCUT2D eigenvalue weighted by atomic mass is 16.5. The van der Waals surface area contributed by atoms with E-state index in [1.807, 2.05) is 0 Å². The number of methoxy groups -OCH3 is 1. The molecule has 0 spiro atoms. The maximum absolute atomic E-state index is 12.3. The van der Waals surface area contributed by atoms with Crippen LogP contribution in [0, 0.1) is 0 Å². The van der Waals surface area contributed by atoms with Crippen molar-refractivity contribution in [1.29, 1.82) is 0 Å². The van der Waals surface area contributed by atoms with E-state index in [0.29, 0.717) is 28.1 Å². The predicted molar refractivity (Wildman–Crippen MR) is 82.4 cm³/mol. The zero-order chi connectivity index (χ0) is 15.7. The largest absolute Gasteiger partial charge is 0.497 e. The van der Waals surface area contributed by atoms with Crippen LogP contribution in [0.15, 0.2) is 51.7 Å². The molecule has 0 bridgehead atoms. The van der Waals surface area contributed by atoms with E-state index < -0.39 is 5.76 Å². The number of rotatable bonds is 3. The fourth-order valence-corrected chi connectivity index (χ4v) is 2.18. The highest BCUT2D eigenvalue weighted by molar-refractivity contribution is 6.05. The van der Waals surface area contributed by atoms with E-state index in [2.05, 4.69) is 5.32 Å². The normalized spacial score (nSPS) is 10.6. The van der Waals surface area contributed by atoms with Crippen molar-refractivity contribution in [3.05, 3.63) is 58.6 Å². The van der Waals surface area contributed by atoms with E-state index in [0.717, 1.165) is 0 Å². The standard InChI is InChI=1S/C16H14N2O4/c1-18-13-7-6-10(8-14(13)22-16(18)20)15(19)17-11-4-3-5-12(9-11)21-2/h3-9H,1-2H3,(H,17,19). The summed E-state index contributed by atoms with van der Waals surface area (Å²) >= 11 is 0. The fourth-order valence-electron chi connectivity index (χ4n) is 2.18. The van der Waals surface area contributed by atoms with Crippen LogP contribution in [0.4, 0.5) is 5.69 Å². The lowest BCUT2D eigenvalue weighted by molar-refractivity contribution is 0.102. The molecule has 0 radical (unpaired) electrons. The van der Waals surface area contributed by atoms with E-state index in [9.17, 15) is 9.59 Å². The average Bonchev–Trinajstić information content (AvgIpc) is 2.81. The van der Waals surface area contributed by atoms with Gasteiger partial charge in [0.15, 0.2) is 5.58 Å². The first-order valence-electron chi connectivity index (χ1n) is 6.63. The molecule has 0 aliphatic heterocycles. The van der Waals surface area contributed by atoms with Crippen LogP contribution in [0.2, 0.25) is 0 Å². The van der Waals surface area contributed by atoms with Crippen LogP contribution in [-0.4, -0.2) is 17.6 Å². The predicted octanol–water partition coefficient (Wildman–Crippen LogP) is 2.39. The quantitative estimate of drug-likeness (QED) is 0.805. The Morgan fingerprint density at radius 1 is 1.23 bits per heavy atom. The number of aryl methyl sites for hydroxylation is 1. The van der Waals surface area contributed by atoms with E-state index in [-0.39, 0.29) is 5.91 Å². The number of hydrogen-bond acceptors (Lipinski definition) is 4. The maximum atomic E-state index is 12.3. The molecule has 6 nitrogen and oxygen atoms in total. The van der Waals surface area contributed by atoms with Gasteiger partial charge in [-0.15, -0.1) is 0 Å². The van der Waals surface area contributed by atoms with E-state index in [4.69, 9.17) is 9.15 Å². The molecular formula is C16H14N2O4. The first-order chi connectivity index (χ1) is 10.6. The second-order valence-electron chi connectivity index (χ2n) is 4.80. The van der Waals surface area contributed by atoms with Gasteiger partial charge in [0.2, 0.25) is 0 Å². The van der Waals surface area contributed by atoms with Crippen molar-refractivity contribution in [2.24, 2.45) is 7.05 Å². The molecule has 22 heavy (non-hydrogen) atoms. The Hall–Kier alpha value is -3.02. The van der Waals surface area contributed by atoms with Gasteiger partial charge in [-0.05, 0) is 30.3 Å². The van der Waals surface area contributed by atoms with Crippen LogP contribution in [0.3, 0.4) is 0 Å². The number of fused-ring (bicyclic) bond motifs is 1. The lowest BCUT2D eigenvalue weighted by atomic mass is 10.2. The number of oxazole rings is 1. The Kier molecular flexibility index (Phi) is 3.42. The number of nitrogens with zero attached hydrogens (tertiary/aromatic N) is 1. The number of carbonyl (C=O) groups is 1. The number of amides is 1. The summed E-state index contributed by atoms with van der Waals surface area (Å²) in [6.45, 7) is 0.